The SMILES string of the molecule is CCOC(=O)[C@H](CCC(N)=O)NC(=O)c1cc2cc(F)ccc2oc1=O. The lowest BCUT2D eigenvalue weighted by atomic mass is 10.1. The molecule has 8 nitrogen and oxygen atoms in total. The van der Waals surface area contributed by atoms with Crippen molar-refractivity contribution in [3.63, 3.8) is 0 Å². The first-order valence-electron chi connectivity index (χ1n) is 7.81. The van der Waals surface area contributed by atoms with Crippen LogP contribution in [0.3, 0.4) is 0 Å². The van der Waals surface area contributed by atoms with E-state index in [1.165, 1.54) is 6.07 Å². The van der Waals surface area contributed by atoms with E-state index < -0.39 is 40.8 Å². The van der Waals surface area contributed by atoms with Gasteiger partial charge in [-0.2, -0.15) is 0 Å². The summed E-state index contributed by atoms with van der Waals surface area (Å²) in [5.41, 5.74) is 3.82. The van der Waals surface area contributed by atoms with Crippen molar-refractivity contribution in [2.75, 3.05) is 6.61 Å². The summed E-state index contributed by atoms with van der Waals surface area (Å²) in [6, 6.07) is 3.48. The predicted octanol–water partition coefficient (Wildman–Crippen LogP) is 0.859. The quantitative estimate of drug-likeness (QED) is 0.554. The average molecular weight is 364 g/mol. The van der Waals surface area contributed by atoms with E-state index in [0.717, 1.165) is 18.2 Å². The van der Waals surface area contributed by atoms with Gasteiger partial charge in [0.05, 0.1) is 6.61 Å². The van der Waals surface area contributed by atoms with E-state index in [-0.39, 0.29) is 30.4 Å². The molecular weight excluding hydrogens is 347 g/mol. The molecule has 0 radical (unpaired) electrons. The summed E-state index contributed by atoms with van der Waals surface area (Å²) >= 11 is 0. The summed E-state index contributed by atoms with van der Waals surface area (Å²) < 4.78 is 23.1. The fraction of sp³-hybridized carbons (Fsp3) is 0.294. The highest BCUT2D eigenvalue weighted by Crippen LogP contribution is 2.15. The maximum absolute atomic E-state index is 13.3. The molecular formula is C17H17FN2O6. The van der Waals surface area contributed by atoms with E-state index >= 15 is 0 Å². The summed E-state index contributed by atoms with van der Waals surface area (Å²) in [5, 5.41) is 2.53. The maximum atomic E-state index is 13.3. The summed E-state index contributed by atoms with van der Waals surface area (Å²) in [5.74, 6) is -2.90. The fourth-order valence-corrected chi connectivity index (χ4v) is 2.27. The number of carbonyl (C=O) groups excluding carboxylic acids is 3. The molecule has 0 bridgehead atoms. The minimum Gasteiger partial charge on any atom is -0.464 e. The zero-order chi connectivity index (χ0) is 19.3. The second kappa shape index (κ2) is 8.24. The van der Waals surface area contributed by atoms with Crippen molar-refractivity contribution in [2.45, 2.75) is 25.8 Å². The molecule has 1 aromatic carbocycles. The third-order valence-electron chi connectivity index (χ3n) is 3.49. The van der Waals surface area contributed by atoms with Crippen LogP contribution in [0, 0.1) is 5.82 Å². The predicted molar refractivity (Wildman–Crippen MR) is 88.8 cm³/mol. The molecule has 0 aliphatic carbocycles. The summed E-state index contributed by atoms with van der Waals surface area (Å²) in [4.78, 5) is 47.2. The van der Waals surface area contributed by atoms with Crippen LogP contribution in [0.4, 0.5) is 4.39 Å². The average Bonchev–Trinajstić information content (AvgIpc) is 2.58. The van der Waals surface area contributed by atoms with E-state index in [2.05, 4.69) is 5.32 Å². The minimum atomic E-state index is -1.17. The number of amides is 2. The standard InChI is InChI=1S/C17H17FN2O6/c1-2-25-17(24)12(4-6-14(19)21)20-15(22)11-8-9-7-10(18)3-5-13(9)26-16(11)23/h3,5,7-8,12H,2,4,6H2,1H3,(H2,19,21)(H,20,22)/t12-/m0/s1. The molecule has 0 saturated carbocycles. The van der Waals surface area contributed by atoms with Crippen LogP contribution >= 0.6 is 0 Å². The Kier molecular flexibility index (Phi) is 6.05. The van der Waals surface area contributed by atoms with Gasteiger partial charge in [0.2, 0.25) is 5.91 Å². The van der Waals surface area contributed by atoms with Crippen LogP contribution < -0.4 is 16.7 Å². The molecule has 2 rings (SSSR count). The number of carbonyl (C=O) groups is 3. The highest BCUT2D eigenvalue weighted by molar-refractivity contribution is 5.98. The molecule has 138 valence electrons. The highest BCUT2D eigenvalue weighted by atomic mass is 19.1. The van der Waals surface area contributed by atoms with Crippen LogP contribution in [-0.4, -0.2) is 30.4 Å². The van der Waals surface area contributed by atoms with Gasteiger partial charge in [-0.05, 0) is 37.6 Å². The Morgan fingerprint density at radius 2 is 2.04 bits per heavy atom. The smallest absolute Gasteiger partial charge is 0.349 e. The maximum Gasteiger partial charge on any atom is 0.349 e. The van der Waals surface area contributed by atoms with Gasteiger partial charge in [-0.15, -0.1) is 0 Å². The van der Waals surface area contributed by atoms with Gasteiger partial charge in [-0.1, -0.05) is 0 Å². The van der Waals surface area contributed by atoms with Gasteiger partial charge >= 0.3 is 11.6 Å². The molecule has 2 amide bonds. The number of primary amides is 1. The molecule has 1 heterocycles. The number of hydrogen-bond acceptors (Lipinski definition) is 6. The molecule has 1 aromatic heterocycles. The van der Waals surface area contributed by atoms with Crippen LogP contribution in [0.25, 0.3) is 11.0 Å². The summed E-state index contributed by atoms with van der Waals surface area (Å²) in [7, 11) is 0. The van der Waals surface area contributed by atoms with E-state index in [1.807, 2.05) is 0 Å². The number of fused-ring (bicyclic) bond motifs is 1. The third kappa shape index (κ3) is 4.65. The van der Waals surface area contributed by atoms with Crippen molar-refractivity contribution in [2.24, 2.45) is 5.73 Å². The Morgan fingerprint density at radius 1 is 1.31 bits per heavy atom. The zero-order valence-corrected chi connectivity index (χ0v) is 13.9. The fourth-order valence-electron chi connectivity index (χ4n) is 2.27. The molecule has 26 heavy (non-hydrogen) atoms. The first-order valence-corrected chi connectivity index (χ1v) is 7.81. The normalized spacial score (nSPS) is 11.8. The van der Waals surface area contributed by atoms with Crippen LogP contribution in [-0.2, 0) is 14.3 Å². The molecule has 9 heteroatoms. The van der Waals surface area contributed by atoms with Crippen LogP contribution in [0.15, 0.2) is 33.5 Å². The molecule has 0 fully saturated rings. The molecule has 0 saturated heterocycles. The number of hydrogen-bond donors (Lipinski definition) is 2. The van der Waals surface area contributed by atoms with Gasteiger partial charge in [0.15, 0.2) is 0 Å². The first-order chi connectivity index (χ1) is 12.3. The number of esters is 1. The largest absolute Gasteiger partial charge is 0.464 e. The Morgan fingerprint density at radius 3 is 2.69 bits per heavy atom. The van der Waals surface area contributed by atoms with E-state index in [1.54, 1.807) is 6.92 Å². The second-order valence-electron chi connectivity index (χ2n) is 5.41. The van der Waals surface area contributed by atoms with Crippen molar-refractivity contribution in [1.29, 1.82) is 0 Å². The number of ether oxygens (including phenoxy) is 1. The van der Waals surface area contributed by atoms with Crippen molar-refractivity contribution in [3.8, 4) is 0 Å². The van der Waals surface area contributed by atoms with Crippen molar-refractivity contribution in [3.05, 3.63) is 46.1 Å². The van der Waals surface area contributed by atoms with Crippen molar-refractivity contribution in [1.82, 2.24) is 5.32 Å². The summed E-state index contributed by atoms with van der Waals surface area (Å²) in [6.45, 7) is 1.65. The number of halogens is 1. The zero-order valence-electron chi connectivity index (χ0n) is 13.9. The third-order valence-corrected chi connectivity index (χ3v) is 3.49. The molecule has 0 aliphatic heterocycles. The first kappa shape index (κ1) is 19.1. The number of benzene rings is 1. The molecule has 0 aliphatic rings. The van der Waals surface area contributed by atoms with Crippen molar-refractivity contribution < 1.29 is 27.9 Å². The Labute approximate surface area is 147 Å². The number of nitrogens with one attached hydrogen (secondary N) is 1. The van der Waals surface area contributed by atoms with E-state index in [0.29, 0.717) is 0 Å². The molecule has 2 aromatic rings. The van der Waals surface area contributed by atoms with Crippen LogP contribution in [0.2, 0.25) is 0 Å². The Hall–Kier alpha value is -3.23. The lowest BCUT2D eigenvalue weighted by Crippen LogP contribution is -2.43. The Bertz CT molecular complexity index is 908. The van der Waals surface area contributed by atoms with Crippen LogP contribution in [0.5, 0.6) is 0 Å². The van der Waals surface area contributed by atoms with E-state index in [4.69, 9.17) is 14.9 Å². The summed E-state index contributed by atoms with van der Waals surface area (Å²) in [6.07, 6.45) is -0.255. The minimum absolute atomic E-state index is 0.0686. The van der Waals surface area contributed by atoms with Crippen molar-refractivity contribution >= 4 is 28.8 Å². The highest BCUT2D eigenvalue weighted by Gasteiger charge is 2.25. The van der Waals surface area contributed by atoms with Gasteiger partial charge in [-0.3, -0.25) is 9.59 Å². The lowest BCUT2D eigenvalue weighted by molar-refractivity contribution is -0.145. The van der Waals surface area contributed by atoms with Gasteiger partial charge in [0, 0.05) is 11.8 Å². The van der Waals surface area contributed by atoms with Gasteiger partial charge < -0.3 is 20.2 Å². The number of rotatable bonds is 7. The topological polar surface area (TPSA) is 129 Å². The molecule has 1 atom stereocenters. The molecule has 0 spiro atoms. The van der Waals surface area contributed by atoms with Gasteiger partial charge in [0.1, 0.15) is 23.0 Å². The second-order valence-corrected chi connectivity index (χ2v) is 5.41. The van der Waals surface area contributed by atoms with Crippen LogP contribution in [0.1, 0.15) is 30.1 Å². The van der Waals surface area contributed by atoms with Gasteiger partial charge in [-0.25, -0.2) is 14.0 Å². The number of nitrogens with two attached hydrogens (primary N) is 1. The molecule has 3 N–H and O–H groups in total. The lowest BCUT2D eigenvalue weighted by Gasteiger charge is -2.16. The molecule has 0 unspecified atom stereocenters. The monoisotopic (exact) mass is 364 g/mol. The van der Waals surface area contributed by atoms with Gasteiger partial charge in [0.25, 0.3) is 5.91 Å². The van der Waals surface area contributed by atoms with E-state index in [9.17, 15) is 23.6 Å². The Balaban J connectivity index is 2.28.